The van der Waals surface area contributed by atoms with E-state index in [0.29, 0.717) is 16.7 Å². The first kappa shape index (κ1) is 13.3. The number of hydrogen-bond acceptors (Lipinski definition) is 3. The maximum atomic E-state index is 6.14. The van der Waals surface area contributed by atoms with Gasteiger partial charge in [-0.3, -0.25) is 0 Å². The average molecular weight is 328 g/mol. The van der Waals surface area contributed by atoms with Crippen molar-refractivity contribution in [3.63, 3.8) is 0 Å². The van der Waals surface area contributed by atoms with Gasteiger partial charge in [-0.1, -0.05) is 23.7 Å². The minimum absolute atomic E-state index is 0.406. The molecule has 94 valence electrons. The number of rotatable bonds is 4. The number of hydrogen-bond donors (Lipinski definition) is 1. The molecule has 0 aliphatic carbocycles. The molecular formula is C13H12BrClN2O. The van der Waals surface area contributed by atoms with Gasteiger partial charge in [-0.05, 0) is 46.7 Å². The lowest BCUT2D eigenvalue weighted by atomic mass is 10.3. The maximum Gasteiger partial charge on any atom is 0.238 e. The van der Waals surface area contributed by atoms with E-state index in [2.05, 4.69) is 26.2 Å². The first-order valence-electron chi connectivity index (χ1n) is 5.42. The summed E-state index contributed by atoms with van der Waals surface area (Å²) in [5.41, 5.74) is 1.02. The molecule has 0 aliphatic rings. The van der Waals surface area contributed by atoms with Crippen LogP contribution < -0.4 is 10.1 Å². The van der Waals surface area contributed by atoms with Crippen LogP contribution >= 0.6 is 27.5 Å². The van der Waals surface area contributed by atoms with Crippen LogP contribution in [0.3, 0.4) is 0 Å². The monoisotopic (exact) mass is 326 g/mol. The largest absolute Gasteiger partial charge is 0.436 e. The molecule has 0 atom stereocenters. The molecule has 0 unspecified atom stereocenters. The number of nitrogens with zero attached hydrogens (tertiary/aromatic N) is 1. The summed E-state index contributed by atoms with van der Waals surface area (Å²) in [4.78, 5) is 4.22. The predicted octanol–water partition coefficient (Wildman–Crippen LogP) is 4.01. The number of aromatic nitrogens is 1. The highest BCUT2D eigenvalue weighted by Gasteiger charge is 2.08. The van der Waals surface area contributed by atoms with Gasteiger partial charge in [0.15, 0.2) is 0 Å². The molecule has 18 heavy (non-hydrogen) atoms. The molecule has 1 heterocycles. The summed E-state index contributed by atoms with van der Waals surface area (Å²) in [5.74, 6) is 1.09. The zero-order chi connectivity index (χ0) is 13.0. The summed E-state index contributed by atoms with van der Waals surface area (Å²) in [6.45, 7) is 0.724. The number of benzene rings is 1. The van der Waals surface area contributed by atoms with Crippen molar-refractivity contribution in [2.75, 3.05) is 7.05 Å². The third kappa shape index (κ3) is 3.22. The molecule has 1 aromatic heterocycles. The fourth-order valence-corrected chi connectivity index (χ4v) is 2.07. The van der Waals surface area contributed by atoms with Crippen molar-refractivity contribution in [1.82, 2.24) is 10.3 Å². The van der Waals surface area contributed by atoms with Crippen LogP contribution in [0.25, 0.3) is 0 Å². The summed E-state index contributed by atoms with van der Waals surface area (Å²) in [6.07, 6.45) is 1.74. The molecule has 0 fully saturated rings. The van der Waals surface area contributed by atoms with Gasteiger partial charge < -0.3 is 10.1 Å². The van der Waals surface area contributed by atoms with Gasteiger partial charge in [0.2, 0.25) is 5.88 Å². The molecule has 0 saturated heterocycles. The van der Waals surface area contributed by atoms with Crippen LogP contribution in [0.5, 0.6) is 11.6 Å². The van der Waals surface area contributed by atoms with E-state index in [1.807, 2.05) is 37.4 Å². The standard InChI is InChI=1S/C13H12BrClN2O/c1-16-7-9-6-11(15)13(17-8-9)18-12-5-3-2-4-10(12)14/h2-6,8,16H,7H2,1H3. The van der Waals surface area contributed by atoms with E-state index >= 15 is 0 Å². The Labute approximate surface area is 119 Å². The highest BCUT2D eigenvalue weighted by molar-refractivity contribution is 9.10. The van der Waals surface area contributed by atoms with E-state index in [1.165, 1.54) is 0 Å². The molecule has 1 aromatic carbocycles. The van der Waals surface area contributed by atoms with E-state index in [0.717, 1.165) is 16.6 Å². The van der Waals surface area contributed by atoms with Crippen molar-refractivity contribution in [3.8, 4) is 11.6 Å². The Morgan fingerprint density at radius 2 is 2.17 bits per heavy atom. The maximum absolute atomic E-state index is 6.14. The highest BCUT2D eigenvalue weighted by atomic mass is 79.9. The SMILES string of the molecule is CNCc1cnc(Oc2ccccc2Br)c(Cl)c1. The lowest BCUT2D eigenvalue weighted by Gasteiger charge is -2.09. The Hall–Kier alpha value is -1.10. The molecule has 3 nitrogen and oxygen atoms in total. The second-order valence-corrected chi connectivity index (χ2v) is 4.95. The molecule has 2 rings (SSSR count). The Morgan fingerprint density at radius 1 is 1.39 bits per heavy atom. The molecule has 1 N–H and O–H groups in total. The second kappa shape index (κ2) is 6.18. The summed E-state index contributed by atoms with van der Waals surface area (Å²) < 4.78 is 6.53. The Bertz CT molecular complexity index is 548. The Balaban J connectivity index is 2.22. The molecule has 0 saturated carbocycles. The van der Waals surface area contributed by atoms with E-state index in [4.69, 9.17) is 16.3 Å². The van der Waals surface area contributed by atoms with Crippen molar-refractivity contribution < 1.29 is 4.74 Å². The average Bonchev–Trinajstić information content (AvgIpc) is 2.35. The number of pyridine rings is 1. The minimum atomic E-state index is 0.406. The smallest absolute Gasteiger partial charge is 0.238 e. The summed E-state index contributed by atoms with van der Waals surface area (Å²) in [5, 5.41) is 3.54. The van der Waals surface area contributed by atoms with Gasteiger partial charge in [-0.25, -0.2) is 4.98 Å². The topological polar surface area (TPSA) is 34.2 Å². The molecule has 2 aromatic rings. The fraction of sp³-hybridized carbons (Fsp3) is 0.154. The van der Waals surface area contributed by atoms with E-state index in [9.17, 15) is 0 Å². The quantitative estimate of drug-likeness (QED) is 0.921. The van der Waals surface area contributed by atoms with Gasteiger partial charge >= 0.3 is 0 Å². The third-order valence-electron chi connectivity index (χ3n) is 2.29. The summed E-state index contributed by atoms with van der Waals surface area (Å²) >= 11 is 9.55. The van der Waals surface area contributed by atoms with Crippen LogP contribution in [-0.2, 0) is 6.54 Å². The zero-order valence-corrected chi connectivity index (χ0v) is 12.1. The van der Waals surface area contributed by atoms with Crippen LogP contribution in [0.15, 0.2) is 41.0 Å². The van der Waals surface area contributed by atoms with Gasteiger partial charge in [-0.2, -0.15) is 0 Å². The first-order valence-corrected chi connectivity index (χ1v) is 6.59. The molecular weight excluding hydrogens is 316 g/mol. The van der Waals surface area contributed by atoms with Crippen molar-refractivity contribution in [2.24, 2.45) is 0 Å². The molecule has 0 bridgehead atoms. The molecule has 5 heteroatoms. The molecule has 0 spiro atoms. The van der Waals surface area contributed by atoms with Crippen molar-refractivity contribution in [2.45, 2.75) is 6.54 Å². The second-order valence-electron chi connectivity index (χ2n) is 3.69. The van der Waals surface area contributed by atoms with Crippen LogP contribution in [-0.4, -0.2) is 12.0 Å². The highest BCUT2D eigenvalue weighted by Crippen LogP contribution is 2.32. The first-order chi connectivity index (χ1) is 8.70. The number of ether oxygens (including phenoxy) is 1. The van der Waals surface area contributed by atoms with Crippen LogP contribution in [0.4, 0.5) is 0 Å². The van der Waals surface area contributed by atoms with E-state index in [1.54, 1.807) is 6.20 Å². The number of para-hydroxylation sites is 1. The Morgan fingerprint density at radius 3 is 2.83 bits per heavy atom. The predicted molar refractivity (Wildman–Crippen MR) is 76.2 cm³/mol. The number of halogens is 2. The van der Waals surface area contributed by atoms with Gasteiger partial charge in [0.1, 0.15) is 10.8 Å². The zero-order valence-electron chi connectivity index (χ0n) is 9.78. The summed E-state index contributed by atoms with van der Waals surface area (Å²) in [6, 6.07) is 9.41. The van der Waals surface area contributed by atoms with Crippen LogP contribution in [0.1, 0.15) is 5.56 Å². The number of nitrogens with one attached hydrogen (secondary N) is 1. The van der Waals surface area contributed by atoms with E-state index < -0.39 is 0 Å². The normalized spacial score (nSPS) is 10.4. The molecule has 0 aliphatic heterocycles. The molecule has 0 amide bonds. The van der Waals surface area contributed by atoms with Crippen molar-refractivity contribution >= 4 is 27.5 Å². The van der Waals surface area contributed by atoms with Gasteiger partial charge in [0.25, 0.3) is 0 Å². The molecule has 0 radical (unpaired) electrons. The van der Waals surface area contributed by atoms with Crippen molar-refractivity contribution in [3.05, 3.63) is 51.6 Å². The minimum Gasteiger partial charge on any atom is -0.436 e. The van der Waals surface area contributed by atoms with E-state index in [-0.39, 0.29) is 0 Å². The fourth-order valence-electron chi connectivity index (χ4n) is 1.47. The summed E-state index contributed by atoms with van der Waals surface area (Å²) in [7, 11) is 1.87. The van der Waals surface area contributed by atoms with Gasteiger partial charge in [0, 0.05) is 12.7 Å². The Kier molecular flexibility index (Phi) is 4.58. The van der Waals surface area contributed by atoms with Crippen LogP contribution in [0, 0.1) is 0 Å². The van der Waals surface area contributed by atoms with Crippen molar-refractivity contribution in [1.29, 1.82) is 0 Å². The third-order valence-corrected chi connectivity index (χ3v) is 3.21. The lowest BCUT2D eigenvalue weighted by molar-refractivity contribution is 0.460. The van der Waals surface area contributed by atoms with Gasteiger partial charge in [-0.15, -0.1) is 0 Å². The van der Waals surface area contributed by atoms with Gasteiger partial charge in [0.05, 0.1) is 4.47 Å². The lowest BCUT2D eigenvalue weighted by Crippen LogP contribution is -2.05. The van der Waals surface area contributed by atoms with Crippen LogP contribution in [0.2, 0.25) is 5.02 Å².